The monoisotopic (exact) mass is 510 g/mol. The van der Waals surface area contributed by atoms with Gasteiger partial charge in [0.2, 0.25) is 0 Å². The van der Waals surface area contributed by atoms with Gasteiger partial charge in [-0.15, -0.1) is 0 Å². The van der Waals surface area contributed by atoms with Crippen molar-refractivity contribution in [2.24, 2.45) is 0 Å². The highest BCUT2D eigenvalue weighted by atomic mass is 79.9. The Balaban J connectivity index is 2.01. The molecule has 3 N–H and O–H groups in total. The lowest BCUT2D eigenvalue weighted by Crippen LogP contribution is -2.49. The number of carbonyl (C=O) groups is 2. The van der Waals surface area contributed by atoms with Gasteiger partial charge in [-0.25, -0.2) is 9.78 Å². The molecule has 0 aliphatic heterocycles. The fourth-order valence-corrected chi connectivity index (χ4v) is 4.12. The number of nitriles is 1. The average molecular weight is 511 g/mol. The third kappa shape index (κ3) is 4.53. The van der Waals surface area contributed by atoms with Crippen LogP contribution in [0.25, 0.3) is 16.5 Å². The standard InChI is InChI=1S/C19H13BrF2N4O4S/c20-15-8-24-18(31-19(21,22)17(30)25-13(9-27)16(28)29)26(15)14-6-5-10(7-23)11-3-1-2-4-12(11)14/h1-6,8,13,27H,9H2,(H,25,30)(H,28,29). The van der Waals surface area contributed by atoms with Gasteiger partial charge in [0, 0.05) is 10.8 Å². The summed E-state index contributed by atoms with van der Waals surface area (Å²) in [7, 11) is 0. The second-order valence-electron chi connectivity index (χ2n) is 6.15. The first-order chi connectivity index (χ1) is 14.7. The van der Waals surface area contributed by atoms with Crippen molar-refractivity contribution in [3.05, 3.63) is 52.8 Å². The number of aliphatic carboxylic acids is 1. The van der Waals surface area contributed by atoms with Crippen LogP contribution in [0.5, 0.6) is 0 Å². The van der Waals surface area contributed by atoms with Crippen LogP contribution in [0.1, 0.15) is 5.56 Å². The maximum absolute atomic E-state index is 14.6. The molecule has 0 aliphatic carbocycles. The summed E-state index contributed by atoms with van der Waals surface area (Å²) in [5, 5.41) is 25.6. The molecule has 0 saturated carbocycles. The van der Waals surface area contributed by atoms with Gasteiger partial charge in [-0.1, -0.05) is 24.3 Å². The Bertz CT molecular complexity index is 1210. The number of carboxylic acids is 1. The van der Waals surface area contributed by atoms with Gasteiger partial charge in [-0.05, 0) is 39.8 Å². The van der Waals surface area contributed by atoms with Crippen molar-refractivity contribution in [3.63, 3.8) is 0 Å². The van der Waals surface area contributed by atoms with E-state index in [1.165, 1.54) is 10.8 Å². The fraction of sp³-hybridized carbons (Fsp3) is 0.158. The first-order valence-corrected chi connectivity index (χ1v) is 10.2. The second kappa shape index (κ2) is 9.01. The van der Waals surface area contributed by atoms with Crippen LogP contribution in [0.3, 0.4) is 0 Å². The molecule has 1 amide bonds. The number of imidazole rings is 1. The number of carbonyl (C=O) groups excluding carboxylic acids is 1. The molecule has 2 aromatic carbocycles. The number of aliphatic hydroxyl groups is 1. The van der Waals surface area contributed by atoms with Crippen molar-refractivity contribution in [3.8, 4) is 11.8 Å². The van der Waals surface area contributed by atoms with E-state index in [4.69, 9.17) is 10.2 Å². The summed E-state index contributed by atoms with van der Waals surface area (Å²) in [5.74, 6) is -3.53. The molecule has 1 atom stereocenters. The molecule has 0 aliphatic rings. The minimum Gasteiger partial charge on any atom is -0.480 e. The molecule has 0 bridgehead atoms. The molecule has 8 nitrogen and oxygen atoms in total. The molecule has 12 heteroatoms. The molecule has 3 aromatic rings. The molecule has 1 aromatic heterocycles. The molecular weight excluding hydrogens is 498 g/mol. The summed E-state index contributed by atoms with van der Waals surface area (Å²) in [6.07, 6.45) is 1.27. The van der Waals surface area contributed by atoms with Crippen LogP contribution in [0.2, 0.25) is 0 Å². The van der Waals surface area contributed by atoms with Crippen molar-refractivity contribution in [1.82, 2.24) is 14.9 Å². The number of alkyl halides is 2. The third-order valence-corrected chi connectivity index (χ3v) is 5.69. The van der Waals surface area contributed by atoms with Crippen LogP contribution in [-0.4, -0.2) is 49.5 Å². The van der Waals surface area contributed by atoms with Crippen molar-refractivity contribution in [1.29, 1.82) is 5.26 Å². The van der Waals surface area contributed by atoms with Gasteiger partial charge < -0.3 is 15.5 Å². The van der Waals surface area contributed by atoms with E-state index in [-0.39, 0.29) is 16.9 Å². The smallest absolute Gasteiger partial charge is 0.377 e. The van der Waals surface area contributed by atoms with Crippen molar-refractivity contribution >= 4 is 50.3 Å². The van der Waals surface area contributed by atoms with Gasteiger partial charge in [0.1, 0.15) is 4.60 Å². The number of nitrogens with zero attached hydrogens (tertiary/aromatic N) is 3. The summed E-state index contributed by atoms with van der Waals surface area (Å²) in [5.41, 5.74) is 0.842. The lowest BCUT2D eigenvalue weighted by Gasteiger charge is -2.19. The number of amides is 1. The van der Waals surface area contributed by atoms with Crippen LogP contribution in [0.4, 0.5) is 8.78 Å². The van der Waals surface area contributed by atoms with E-state index in [1.807, 2.05) is 0 Å². The van der Waals surface area contributed by atoms with Crippen LogP contribution in [-0.2, 0) is 9.59 Å². The van der Waals surface area contributed by atoms with E-state index < -0.39 is 29.8 Å². The largest absolute Gasteiger partial charge is 0.480 e. The lowest BCUT2D eigenvalue weighted by molar-refractivity contribution is -0.146. The Hall–Kier alpha value is -3.01. The molecule has 31 heavy (non-hydrogen) atoms. The number of aromatic nitrogens is 2. The van der Waals surface area contributed by atoms with Gasteiger partial charge in [-0.2, -0.15) is 14.0 Å². The number of carboxylic acid groups (broad SMARTS) is 1. The van der Waals surface area contributed by atoms with Crippen LogP contribution < -0.4 is 5.32 Å². The molecule has 0 spiro atoms. The van der Waals surface area contributed by atoms with E-state index >= 15 is 0 Å². The number of aliphatic hydroxyl groups excluding tert-OH is 1. The minimum absolute atomic E-state index is 0.184. The summed E-state index contributed by atoms with van der Waals surface area (Å²) < 4.78 is 30.8. The Morgan fingerprint density at radius 3 is 2.58 bits per heavy atom. The highest BCUT2D eigenvalue weighted by molar-refractivity contribution is 9.10. The number of hydrogen-bond acceptors (Lipinski definition) is 6. The van der Waals surface area contributed by atoms with E-state index in [1.54, 1.807) is 41.7 Å². The number of nitrogens with one attached hydrogen (secondary N) is 1. The Labute approximate surface area is 186 Å². The summed E-state index contributed by atoms with van der Waals surface area (Å²) in [4.78, 5) is 26.8. The molecule has 0 fully saturated rings. The predicted molar refractivity (Wildman–Crippen MR) is 111 cm³/mol. The van der Waals surface area contributed by atoms with Gasteiger partial charge in [0.05, 0.1) is 30.1 Å². The maximum atomic E-state index is 14.6. The van der Waals surface area contributed by atoms with Crippen LogP contribution in [0, 0.1) is 11.3 Å². The lowest BCUT2D eigenvalue weighted by atomic mass is 10.0. The van der Waals surface area contributed by atoms with E-state index in [0.29, 0.717) is 26.6 Å². The van der Waals surface area contributed by atoms with Gasteiger partial charge in [-0.3, -0.25) is 9.36 Å². The zero-order chi connectivity index (χ0) is 22.8. The Kier molecular flexibility index (Phi) is 6.59. The number of fused-ring (bicyclic) bond motifs is 1. The third-order valence-electron chi connectivity index (χ3n) is 4.22. The normalized spacial score (nSPS) is 12.4. The minimum atomic E-state index is -4.09. The molecule has 160 valence electrons. The summed E-state index contributed by atoms with van der Waals surface area (Å²) >= 11 is 3.07. The predicted octanol–water partition coefficient (Wildman–Crippen LogP) is 2.91. The second-order valence-corrected chi connectivity index (χ2v) is 8.05. The quantitative estimate of drug-likeness (QED) is 0.416. The number of thioether (sulfide) groups is 1. The number of rotatable bonds is 7. The first kappa shape index (κ1) is 22.7. The highest BCUT2D eigenvalue weighted by Crippen LogP contribution is 2.39. The molecule has 1 heterocycles. The van der Waals surface area contributed by atoms with Crippen LogP contribution >= 0.6 is 27.7 Å². The molecule has 1 unspecified atom stereocenters. The van der Waals surface area contributed by atoms with Crippen molar-refractivity contribution in [2.45, 2.75) is 16.5 Å². The van der Waals surface area contributed by atoms with Gasteiger partial charge >= 0.3 is 17.1 Å². The SMILES string of the molecule is N#Cc1ccc(-n2c(Br)cnc2SC(F)(F)C(=O)NC(CO)C(=O)O)c2ccccc12. The number of hydrogen-bond donors (Lipinski definition) is 3. The van der Waals surface area contributed by atoms with Crippen LogP contribution in [0.15, 0.2) is 52.4 Å². The maximum Gasteiger partial charge on any atom is 0.377 e. The first-order valence-electron chi connectivity index (χ1n) is 8.56. The van der Waals surface area contributed by atoms with E-state index in [2.05, 4.69) is 27.0 Å². The van der Waals surface area contributed by atoms with Gasteiger partial charge in [0.25, 0.3) is 0 Å². The number of benzene rings is 2. The average Bonchev–Trinajstić information content (AvgIpc) is 3.09. The molecule has 3 rings (SSSR count). The van der Waals surface area contributed by atoms with Crippen molar-refractivity contribution in [2.75, 3.05) is 6.61 Å². The Morgan fingerprint density at radius 1 is 1.29 bits per heavy atom. The number of halogens is 3. The fourth-order valence-electron chi connectivity index (χ4n) is 2.77. The highest BCUT2D eigenvalue weighted by Gasteiger charge is 2.43. The molecule has 0 radical (unpaired) electrons. The van der Waals surface area contributed by atoms with Gasteiger partial charge in [0.15, 0.2) is 11.2 Å². The zero-order valence-corrected chi connectivity index (χ0v) is 17.8. The van der Waals surface area contributed by atoms with E-state index in [0.717, 1.165) is 0 Å². The summed E-state index contributed by atoms with van der Waals surface area (Å²) in [6.45, 7) is -1.04. The molecular formula is C19H13BrF2N4O4S. The topological polar surface area (TPSA) is 128 Å². The van der Waals surface area contributed by atoms with E-state index in [9.17, 15) is 23.6 Å². The zero-order valence-electron chi connectivity index (χ0n) is 15.4. The Morgan fingerprint density at radius 2 is 1.97 bits per heavy atom. The molecule has 0 saturated heterocycles. The summed E-state index contributed by atoms with van der Waals surface area (Å²) in [6, 6.07) is 10.2. The van der Waals surface area contributed by atoms with Crippen molar-refractivity contribution < 1.29 is 28.6 Å².